The number of carboxylic acids is 1. The second-order valence-electron chi connectivity index (χ2n) is 5.21. The lowest BCUT2D eigenvalue weighted by molar-refractivity contribution is -0.138. The molecule has 1 atom stereocenters. The zero-order valence-electron chi connectivity index (χ0n) is 11.3. The largest absolute Gasteiger partial charge is 0.480 e. The maximum Gasteiger partial charge on any atom is 0.325 e. The fourth-order valence-electron chi connectivity index (χ4n) is 2.37. The minimum atomic E-state index is -1.03. The van der Waals surface area contributed by atoms with E-state index in [1.807, 2.05) is 14.1 Å². The van der Waals surface area contributed by atoms with Crippen molar-refractivity contribution in [1.82, 2.24) is 15.5 Å². The summed E-state index contributed by atoms with van der Waals surface area (Å²) in [7, 11) is 4.04. The molecule has 6 heteroatoms. The number of nitrogens with one attached hydrogen (secondary N) is 2. The number of aliphatic carboxylic acids is 1. The Hall–Kier alpha value is -1.30. The Bertz CT molecular complexity index is 312. The van der Waals surface area contributed by atoms with Gasteiger partial charge < -0.3 is 20.6 Å². The third kappa shape index (κ3) is 3.60. The number of nitrogens with zero attached hydrogens (tertiary/aromatic N) is 1. The van der Waals surface area contributed by atoms with E-state index in [9.17, 15) is 9.59 Å². The molecule has 2 amide bonds. The summed E-state index contributed by atoms with van der Waals surface area (Å²) >= 11 is 0. The lowest BCUT2D eigenvalue weighted by Crippen LogP contribution is -2.54. The summed E-state index contributed by atoms with van der Waals surface area (Å²) in [6, 6.07) is -1.29. The van der Waals surface area contributed by atoms with Gasteiger partial charge in [-0.1, -0.05) is 12.8 Å². The van der Waals surface area contributed by atoms with Crippen LogP contribution in [0.1, 0.15) is 32.6 Å². The van der Waals surface area contributed by atoms with Crippen molar-refractivity contribution in [3.63, 3.8) is 0 Å². The first kappa shape index (κ1) is 14.8. The first-order chi connectivity index (χ1) is 8.37. The van der Waals surface area contributed by atoms with E-state index in [1.165, 1.54) is 19.8 Å². The minimum absolute atomic E-state index is 0.0177. The van der Waals surface area contributed by atoms with Crippen LogP contribution in [-0.2, 0) is 4.79 Å². The van der Waals surface area contributed by atoms with Gasteiger partial charge in [0.15, 0.2) is 0 Å². The number of carbonyl (C=O) groups excluding carboxylic acids is 1. The van der Waals surface area contributed by atoms with E-state index < -0.39 is 18.0 Å². The van der Waals surface area contributed by atoms with E-state index in [0.29, 0.717) is 6.54 Å². The average molecular weight is 257 g/mol. The molecule has 0 aliphatic heterocycles. The Morgan fingerprint density at radius 1 is 1.33 bits per heavy atom. The van der Waals surface area contributed by atoms with Crippen molar-refractivity contribution in [3.05, 3.63) is 0 Å². The number of hydrogen-bond acceptors (Lipinski definition) is 3. The molecule has 104 valence electrons. The van der Waals surface area contributed by atoms with Gasteiger partial charge >= 0.3 is 12.0 Å². The van der Waals surface area contributed by atoms with Crippen molar-refractivity contribution in [1.29, 1.82) is 0 Å². The highest BCUT2D eigenvalue weighted by Crippen LogP contribution is 2.32. The number of rotatable bonds is 5. The van der Waals surface area contributed by atoms with Gasteiger partial charge in [0.05, 0.1) is 0 Å². The molecule has 6 nitrogen and oxygen atoms in total. The molecule has 1 saturated carbocycles. The Kier molecular flexibility index (Phi) is 4.95. The summed E-state index contributed by atoms with van der Waals surface area (Å²) in [5, 5.41) is 13.9. The second kappa shape index (κ2) is 6.04. The molecule has 0 bridgehead atoms. The number of likely N-dealkylation sites (N-methyl/N-ethyl adjacent to an activating group) is 1. The molecule has 0 aromatic rings. The third-order valence-electron chi connectivity index (χ3n) is 3.78. The molecule has 0 aromatic heterocycles. The Morgan fingerprint density at radius 3 is 2.33 bits per heavy atom. The van der Waals surface area contributed by atoms with Gasteiger partial charge in [-0.15, -0.1) is 0 Å². The van der Waals surface area contributed by atoms with Crippen LogP contribution < -0.4 is 10.6 Å². The lowest BCUT2D eigenvalue weighted by atomic mass is 9.96. The monoisotopic (exact) mass is 257 g/mol. The summed E-state index contributed by atoms with van der Waals surface area (Å²) in [4.78, 5) is 24.3. The number of carboxylic acid groups (broad SMARTS) is 1. The van der Waals surface area contributed by atoms with E-state index in [2.05, 4.69) is 15.5 Å². The van der Waals surface area contributed by atoms with Gasteiger partial charge in [0.1, 0.15) is 6.04 Å². The van der Waals surface area contributed by atoms with Crippen LogP contribution in [0.3, 0.4) is 0 Å². The number of urea groups is 1. The fraction of sp³-hybridized carbons (Fsp3) is 0.833. The van der Waals surface area contributed by atoms with E-state index in [1.54, 1.807) is 0 Å². The topological polar surface area (TPSA) is 81.7 Å². The molecule has 1 rings (SSSR count). The van der Waals surface area contributed by atoms with Crippen molar-refractivity contribution < 1.29 is 14.7 Å². The summed E-state index contributed by atoms with van der Waals surface area (Å²) < 4.78 is 0. The second-order valence-corrected chi connectivity index (χ2v) is 5.21. The molecular weight excluding hydrogens is 234 g/mol. The van der Waals surface area contributed by atoms with Gasteiger partial charge in [0, 0.05) is 12.1 Å². The maximum absolute atomic E-state index is 11.6. The predicted molar refractivity (Wildman–Crippen MR) is 68.5 cm³/mol. The molecule has 0 heterocycles. The predicted octanol–water partition coefficient (Wildman–Crippen LogP) is 0.633. The summed E-state index contributed by atoms with van der Waals surface area (Å²) in [5.41, 5.74) is 0.0177. The first-order valence-corrected chi connectivity index (χ1v) is 6.32. The molecule has 1 aliphatic carbocycles. The minimum Gasteiger partial charge on any atom is -0.480 e. The van der Waals surface area contributed by atoms with E-state index >= 15 is 0 Å². The Balaban J connectivity index is 2.43. The molecule has 1 aliphatic rings. The molecule has 3 N–H and O–H groups in total. The Labute approximate surface area is 108 Å². The maximum atomic E-state index is 11.6. The first-order valence-electron chi connectivity index (χ1n) is 6.32. The van der Waals surface area contributed by atoms with Crippen LogP contribution in [0, 0.1) is 0 Å². The highest BCUT2D eigenvalue weighted by molar-refractivity contribution is 5.82. The van der Waals surface area contributed by atoms with Crippen molar-refractivity contribution in [2.45, 2.75) is 44.2 Å². The molecule has 18 heavy (non-hydrogen) atoms. The van der Waals surface area contributed by atoms with Crippen molar-refractivity contribution in [3.8, 4) is 0 Å². The van der Waals surface area contributed by atoms with Gasteiger partial charge in [0.2, 0.25) is 0 Å². The SMILES string of the molecule is C[C@@H](NC(=O)NCC1(N(C)C)CCCC1)C(=O)O. The van der Waals surface area contributed by atoms with E-state index in [0.717, 1.165) is 12.8 Å². The number of amides is 2. The number of hydrogen-bond donors (Lipinski definition) is 3. The quantitative estimate of drug-likeness (QED) is 0.675. The van der Waals surface area contributed by atoms with Gasteiger partial charge in [-0.25, -0.2) is 4.79 Å². The van der Waals surface area contributed by atoms with Crippen molar-refractivity contribution in [2.24, 2.45) is 0 Å². The smallest absolute Gasteiger partial charge is 0.325 e. The average Bonchev–Trinajstić information content (AvgIpc) is 2.76. The number of carbonyl (C=O) groups is 2. The zero-order valence-corrected chi connectivity index (χ0v) is 11.3. The van der Waals surface area contributed by atoms with Crippen LogP contribution in [0.5, 0.6) is 0 Å². The summed E-state index contributed by atoms with van der Waals surface area (Å²) in [6.07, 6.45) is 4.48. The summed E-state index contributed by atoms with van der Waals surface area (Å²) in [5.74, 6) is -1.03. The van der Waals surface area contributed by atoms with Crippen LogP contribution in [0.2, 0.25) is 0 Å². The normalized spacial score (nSPS) is 19.6. The van der Waals surface area contributed by atoms with Crippen LogP contribution in [-0.4, -0.2) is 54.2 Å². The standard InChI is InChI=1S/C12H23N3O3/c1-9(10(16)17)14-11(18)13-8-12(15(2)3)6-4-5-7-12/h9H,4-8H2,1-3H3,(H,16,17)(H2,13,14,18)/t9-/m1/s1. The van der Waals surface area contributed by atoms with Gasteiger partial charge in [-0.3, -0.25) is 4.79 Å². The van der Waals surface area contributed by atoms with Gasteiger partial charge in [0.25, 0.3) is 0 Å². The van der Waals surface area contributed by atoms with E-state index in [-0.39, 0.29) is 5.54 Å². The molecular formula is C12H23N3O3. The highest BCUT2D eigenvalue weighted by atomic mass is 16.4. The molecule has 0 spiro atoms. The molecule has 1 fully saturated rings. The lowest BCUT2D eigenvalue weighted by Gasteiger charge is -2.36. The van der Waals surface area contributed by atoms with Crippen LogP contribution in [0.25, 0.3) is 0 Å². The fourth-order valence-corrected chi connectivity index (χ4v) is 2.37. The van der Waals surface area contributed by atoms with Gasteiger partial charge in [-0.05, 0) is 33.9 Å². The van der Waals surface area contributed by atoms with Crippen LogP contribution in [0.4, 0.5) is 4.79 Å². The van der Waals surface area contributed by atoms with Crippen LogP contribution >= 0.6 is 0 Å². The highest BCUT2D eigenvalue weighted by Gasteiger charge is 2.36. The Morgan fingerprint density at radius 2 is 1.89 bits per heavy atom. The summed E-state index contributed by atoms with van der Waals surface area (Å²) in [6.45, 7) is 2.00. The van der Waals surface area contributed by atoms with E-state index in [4.69, 9.17) is 5.11 Å². The molecule has 0 saturated heterocycles. The van der Waals surface area contributed by atoms with Crippen LogP contribution in [0.15, 0.2) is 0 Å². The van der Waals surface area contributed by atoms with Crippen molar-refractivity contribution in [2.75, 3.05) is 20.6 Å². The van der Waals surface area contributed by atoms with Gasteiger partial charge in [-0.2, -0.15) is 0 Å². The molecule has 0 unspecified atom stereocenters. The molecule has 0 radical (unpaired) electrons. The molecule has 0 aromatic carbocycles. The third-order valence-corrected chi connectivity index (χ3v) is 3.78. The zero-order chi connectivity index (χ0) is 13.8. The van der Waals surface area contributed by atoms with Crippen molar-refractivity contribution >= 4 is 12.0 Å².